The first-order valence-electron chi connectivity index (χ1n) is 6.03. The summed E-state index contributed by atoms with van der Waals surface area (Å²) in [5.74, 6) is 6.89. The molecule has 1 fully saturated rings. The number of hydrogen-bond donors (Lipinski definition) is 0. The molecule has 0 aromatic rings. The predicted octanol–water partition coefficient (Wildman–Crippen LogP) is 3.01. The van der Waals surface area contributed by atoms with Crippen molar-refractivity contribution in [1.82, 2.24) is 0 Å². The average molecular weight is 222 g/mol. The van der Waals surface area contributed by atoms with Crippen LogP contribution < -0.4 is 0 Å². The van der Waals surface area contributed by atoms with Crippen molar-refractivity contribution >= 4 is 5.97 Å². The largest absolute Gasteiger partial charge is 0.448 e. The van der Waals surface area contributed by atoms with Gasteiger partial charge in [-0.1, -0.05) is 25.7 Å². The van der Waals surface area contributed by atoms with Crippen LogP contribution in [0.2, 0.25) is 0 Å². The van der Waals surface area contributed by atoms with Crippen LogP contribution in [-0.4, -0.2) is 12.1 Å². The van der Waals surface area contributed by atoms with Gasteiger partial charge in [-0.2, -0.15) is 0 Å². The highest BCUT2D eigenvalue weighted by molar-refractivity contribution is 5.75. The Balaban J connectivity index is 2.58. The first-order valence-corrected chi connectivity index (χ1v) is 6.03. The van der Waals surface area contributed by atoms with Crippen molar-refractivity contribution in [2.24, 2.45) is 17.3 Å². The second-order valence-electron chi connectivity index (χ2n) is 5.88. The Hall–Kier alpha value is -0.970. The van der Waals surface area contributed by atoms with Crippen molar-refractivity contribution < 1.29 is 9.53 Å². The SMILES string of the molecule is CC(C)C(C#CC1CC1)OC(=O)C(C)(C)C. The zero-order valence-corrected chi connectivity index (χ0v) is 11.0. The molecule has 0 aromatic heterocycles. The van der Waals surface area contributed by atoms with E-state index in [2.05, 4.69) is 11.8 Å². The van der Waals surface area contributed by atoms with Crippen molar-refractivity contribution in [3.8, 4) is 11.8 Å². The quantitative estimate of drug-likeness (QED) is 0.530. The molecule has 0 N–H and O–H groups in total. The minimum Gasteiger partial charge on any atom is -0.448 e. The van der Waals surface area contributed by atoms with Crippen LogP contribution >= 0.6 is 0 Å². The zero-order valence-electron chi connectivity index (χ0n) is 11.0. The van der Waals surface area contributed by atoms with E-state index in [4.69, 9.17) is 4.74 Å². The maximum Gasteiger partial charge on any atom is 0.312 e. The second kappa shape index (κ2) is 4.91. The van der Waals surface area contributed by atoms with Crippen LogP contribution in [0.4, 0.5) is 0 Å². The first kappa shape index (κ1) is 13.1. The highest BCUT2D eigenvalue weighted by atomic mass is 16.5. The Bertz CT molecular complexity index is 308. The maximum atomic E-state index is 11.7. The number of carbonyl (C=O) groups is 1. The average Bonchev–Trinajstić information content (AvgIpc) is 2.92. The van der Waals surface area contributed by atoms with Crippen molar-refractivity contribution in [2.45, 2.75) is 53.6 Å². The van der Waals surface area contributed by atoms with Gasteiger partial charge in [0.1, 0.15) is 0 Å². The molecule has 1 aliphatic carbocycles. The molecule has 1 atom stereocenters. The van der Waals surface area contributed by atoms with Crippen molar-refractivity contribution in [1.29, 1.82) is 0 Å². The summed E-state index contributed by atoms with van der Waals surface area (Å²) < 4.78 is 5.44. The lowest BCUT2D eigenvalue weighted by atomic mass is 9.97. The Labute approximate surface area is 98.8 Å². The van der Waals surface area contributed by atoms with Gasteiger partial charge in [-0.05, 0) is 33.6 Å². The molecule has 0 bridgehead atoms. The summed E-state index contributed by atoms with van der Waals surface area (Å²) in [4.78, 5) is 11.7. The Morgan fingerprint density at radius 1 is 1.31 bits per heavy atom. The highest BCUT2D eigenvalue weighted by Gasteiger charge is 2.27. The van der Waals surface area contributed by atoms with E-state index in [1.165, 1.54) is 12.8 Å². The summed E-state index contributed by atoms with van der Waals surface area (Å²) in [7, 11) is 0. The normalized spacial score (nSPS) is 17.6. The van der Waals surface area contributed by atoms with Gasteiger partial charge in [0, 0.05) is 11.8 Å². The third-order valence-electron chi connectivity index (χ3n) is 2.46. The van der Waals surface area contributed by atoms with Gasteiger partial charge in [-0.25, -0.2) is 0 Å². The van der Waals surface area contributed by atoms with Crippen LogP contribution in [0, 0.1) is 29.1 Å². The fourth-order valence-corrected chi connectivity index (χ4v) is 1.05. The molecule has 1 saturated carbocycles. The topological polar surface area (TPSA) is 26.3 Å². The number of esters is 1. The second-order valence-corrected chi connectivity index (χ2v) is 5.88. The van der Waals surface area contributed by atoms with Crippen molar-refractivity contribution in [3.63, 3.8) is 0 Å². The molecule has 1 rings (SSSR count). The van der Waals surface area contributed by atoms with Gasteiger partial charge in [0.05, 0.1) is 5.41 Å². The highest BCUT2D eigenvalue weighted by Crippen LogP contribution is 2.28. The Kier molecular flexibility index (Phi) is 4.02. The Morgan fingerprint density at radius 3 is 2.25 bits per heavy atom. The lowest BCUT2D eigenvalue weighted by molar-refractivity contribution is -0.157. The van der Waals surface area contributed by atoms with Crippen LogP contribution in [0.15, 0.2) is 0 Å². The smallest absolute Gasteiger partial charge is 0.312 e. The minimum atomic E-state index is -0.450. The fourth-order valence-electron chi connectivity index (χ4n) is 1.05. The van der Waals surface area contributed by atoms with E-state index < -0.39 is 5.41 Å². The lowest BCUT2D eigenvalue weighted by Gasteiger charge is -2.22. The lowest BCUT2D eigenvalue weighted by Crippen LogP contribution is -2.30. The maximum absolute atomic E-state index is 11.7. The molecule has 0 amide bonds. The molecule has 0 aliphatic heterocycles. The van der Waals surface area contributed by atoms with E-state index in [0.29, 0.717) is 5.92 Å². The van der Waals surface area contributed by atoms with Gasteiger partial charge < -0.3 is 4.74 Å². The van der Waals surface area contributed by atoms with Crippen LogP contribution in [0.1, 0.15) is 47.5 Å². The monoisotopic (exact) mass is 222 g/mol. The van der Waals surface area contributed by atoms with Crippen LogP contribution in [-0.2, 0) is 9.53 Å². The standard InChI is InChI=1S/C14H22O2/c1-10(2)12(9-8-11-6-7-11)16-13(15)14(3,4)5/h10-12H,6-7H2,1-5H3. The van der Waals surface area contributed by atoms with E-state index >= 15 is 0 Å². The van der Waals surface area contributed by atoms with Gasteiger partial charge in [0.15, 0.2) is 6.10 Å². The molecule has 2 heteroatoms. The number of hydrogen-bond acceptors (Lipinski definition) is 2. The van der Waals surface area contributed by atoms with E-state index in [1.807, 2.05) is 34.6 Å². The molecular formula is C14H22O2. The molecule has 0 radical (unpaired) electrons. The van der Waals surface area contributed by atoms with Crippen LogP contribution in [0.3, 0.4) is 0 Å². The van der Waals surface area contributed by atoms with Crippen LogP contribution in [0.5, 0.6) is 0 Å². The molecule has 0 heterocycles. The van der Waals surface area contributed by atoms with Gasteiger partial charge in [-0.15, -0.1) is 0 Å². The molecule has 0 spiro atoms. The molecule has 90 valence electrons. The van der Waals surface area contributed by atoms with E-state index in [9.17, 15) is 4.79 Å². The molecular weight excluding hydrogens is 200 g/mol. The Morgan fingerprint density at radius 2 is 1.88 bits per heavy atom. The van der Waals surface area contributed by atoms with Gasteiger partial charge in [-0.3, -0.25) is 4.79 Å². The molecule has 2 nitrogen and oxygen atoms in total. The predicted molar refractivity (Wildman–Crippen MR) is 64.7 cm³/mol. The summed E-state index contributed by atoms with van der Waals surface area (Å²) in [5, 5.41) is 0. The summed E-state index contributed by atoms with van der Waals surface area (Å²) in [6, 6.07) is 0. The summed E-state index contributed by atoms with van der Waals surface area (Å²) >= 11 is 0. The number of carbonyl (C=O) groups excluding carboxylic acids is 1. The van der Waals surface area contributed by atoms with Crippen molar-refractivity contribution in [2.75, 3.05) is 0 Å². The molecule has 1 aliphatic rings. The van der Waals surface area contributed by atoms with Crippen LogP contribution in [0.25, 0.3) is 0 Å². The zero-order chi connectivity index (χ0) is 12.3. The number of ether oxygens (including phenoxy) is 1. The third-order valence-corrected chi connectivity index (χ3v) is 2.46. The van der Waals surface area contributed by atoms with E-state index in [1.54, 1.807) is 0 Å². The van der Waals surface area contributed by atoms with E-state index in [-0.39, 0.29) is 18.0 Å². The first-order chi connectivity index (χ1) is 7.30. The third kappa shape index (κ3) is 4.26. The molecule has 0 aromatic carbocycles. The molecule has 0 saturated heterocycles. The van der Waals surface area contributed by atoms with E-state index in [0.717, 1.165) is 0 Å². The van der Waals surface area contributed by atoms with Gasteiger partial charge in [0.2, 0.25) is 0 Å². The molecule has 16 heavy (non-hydrogen) atoms. The van der Waals surface area contributed by atoms with Gasteiger partial charge >= 0.3 is 5.97 Å². The number of rotatable bonds is 2. The summed E-state index contributed by atoms with van der Waals surface area (Å²) in [6.45, 7) is 9.65. The van der Waals surface area contributed by atoms with Crippen molar-refractivity contribution in [3.05, 3.63) is 0 Å². The molecule has 1 unspecified atom stereocenters. The summed E-state index contributed by atoms with van der Waals surface area (Å²) in [5.41, 5.74) is -0.450. The summed E-state index contributed by atoms with van der Waals surface area (Å²) in [6.07, 6.45) is 2.14. The minimum absolute atomic E-state index is 0.170. The van der Waals surface area contributed by atoms with Gasteiger partial charge in [0.25, 0.3) is 0 Å². The fraction of sp³-hybridized carbons (Fsp3) is 0.786.